The number of aromatic nitrogens is 1. The first-order valence-corrected chi connectivity index (χ1v) is 12.8. The fourth-order valence-corrected chi connectivity index (χ4v) is 5.71. The van der Waals surface area contributed by atoms with E-state index in [9.17, 15) is 9.59 Å². The third-order valence-electron chi connectivity index (χ3n) is 6.53. The first-order valence-electron chi connectivity index (χ1n) is 11.5. The van der Waals surface area contributed by atoms with E-state index in [2.05, 4.69) is 33.9 Å². The molecule has 5 rings (SSSR count). The van der Waals surface area contributed by atoms with E-state index in [0.29, 0.717) is 30.2 Å². The van der Waals surface area contributed by atoms with E-state index in [0.717, 1.165) is 18.4 Å². The van der Waals surface area contributed by atoms with Crippen LogP contribution in [0.3, 0.4) is 0 Å². The van der Waals surface area contributed by atoms with Crippen molar-refractivity contribution in [2.75, 3.05) is 19.6 Å². The molecule has 0 unspecified atom stereocenters. The van der Waals surface area contributed by atoms with Crippen LogP contribution in [0.15, 0.2) is 72.2 Å². The van der Waals surface area contributed by atoms with Crippen molar-refractivity contribution in [3.63, 3.8) is 0 Å². The molecule has 2 N–H and O–H groups in total. The number of para-hydroxylation sites is 1. The Bertz CT molecular complexity index is 1280. The van der Waals surface area contributed by atoms with Crippen LogP contribution in [0.2, 0.25) is 5.02 Å². The van der Waals surface area contributed by atoms with Crippen molar-refractivity contribution in [1.29, 1.82) is 0 Å². The molecule has 34 heavy (non-hydrogen) atoms. The first-order chi connectivity index (χ1) is 16.6. The summed E-state index contributed by atoms with van der Waals surface area (Å²) in [6, 6.07) is 19.3. The summed E-state index contributed by atoms with van der Waals surface area (Å²) in [5.41, 5.74) is 2.87. The zero-order chi connectivity index (χ0) is 23.5. The van der Waals surface area contributed by atoms with Crippen LogP contribution in [-0.2, 0) is 4.79 Å². The number of fused-ring (bicyclic) bond motifs is 1. The van der Waals surface area contributed by atoms with Gasteiger partial charge in [0.1, 0.15) is 0 Å². The minimum atomic E-state index is -0.211. The number of carbonyl (C=O) groups is 2. The fraction of sp³-hybridized carbons (Fsp3) is 0.259. The lowest BCUT2D eigenvalue weighted by Crippen LogP contribution is -2.46. The quantitative estimate of drug-likeness (QED) is 0.364. The number of benzene rings is 2. The molecule has 2 amide bonds. The summed E-state index contributed by atoms with van der Waals surface area (Å²) in [4.78, 5) is 32.5. The van der Waals surface area contributed by atoms with E-state index in [1.807, 2.05) is 24.4 Å². The van der Waals surface area contributed by atoms with Gasteiger partial charge in [-0.2, -0.15) is 0 Å². The lowest BCUT2D eigenvalue weighted by Gasteiger charge is -2.32. The number of H-pyrrole nitrogens is 1. The molecule has 2 atom stereocenters. The maximum Gasteiger partial charge on any atom is 0.253 e. The predicted octanol–water partition coefficient (Wildman–Crippen LogP) is 5.68. The molecule has 7 heteroatoms. The van der Waals surface area contributed by atoms with E-state index in [-0.39, 0.29) is 23.7 Å². The van der Waals surface area contributed by atoms with Crippen molar-refractivity contribution in [1.82, 2.24) is 15.2 Å². The number of rotatable bonds is 6. The van der Waals surface area contributed by atoms with Gasteiger partial charge in [0.2, 0.25) is 5.91 Å². The SMILES string of the molecule is O=C(NC[C@H](c1cccs1)c1c[nH]c2ccccc12)[C@H]1CCCN(C(=O)c2ccc(Cl)cc2)C1. The molecule has 0 saturated carbocycles. The molecular formula is C27H26ClN3O2S. The van der Waals surface area contributed by atoms with E-state index >= 15 is 0 Å². The van der Waals surface area contributed by atoms with Gasteiger partial charge in [0, 0.05) is 58.1 Å². The predicted molar refractivity (Wildman–Crippen MR) is 138 cm³/mol. The van der Waals surface area contributed by atoms with Gasteiger partial charge < -0.3 is 15.2 Å². The molecule has 0 bridgehead atoms. The lowest BCUT2D eigenvalue weighted by atomic mass is 9.94. The summed E-state index contributed by atoms with van der Waals surface area (Å²) in [5.74, 6) is -0.188. The highest BCUT2D eigenvalue weighted by molar-refractivity contribution is 7.10. The third kappa shape index (κ3) is 4.74. The molecule has 1 fully saturated rings. The number of halogens is 1. The Balaban J connectivity index is 1.28. The zero-order valence-corrected chi connectivity index (χ0v) is 20.2. The highest BCUT2D eigenvalue weighted by Crippen LogP contribution is 2.33. The number of nitrogens with zero attached hydrogens (tertiary/aromatic N) is 1. The number of piperidine rings is 1. The molecule has 0 radical (unpaired) electrons. The summed E-state index contributed by atoms with van der Waals surface area (Å²) in [6.45, 7) is 1.62. The monoisotopic (exact) mass is 491 g/mol. The van der Waals surface area contributed by atoms with Crippen molar-refractivity contribution in [3.05, 3.63) is 93.3 Å². The molecule has 2 aromatic heterocycles. The molecule has 1 aliphatic heterocycles. The maximum absolute atomic E-state index is 13.2. The Morgan fingerprint density at radius 3 is 2.74 bits per heavy atom. The molecule has 0 spiro atoms. The summed E-state index contributed by atoms with van der Waals surface area (Å²) in [6.07, 6.45) is 3.65. The fourth-order valence-electron chi connectivity index (χ4n) is 4.73. The second kappa shape index (κ2) is 10.0. The largest absolute Gasteiger partial charge is 0.361 e. The van der Waals surface area contributed by atoms with E-state index in [4.69, 9.17) is 11.6 Å². The molecule has 1 saturated heterocycles. The van der Waals surface area contributed by atoms with Gasteiger partial charge in [-0.1, -0.05) is 35.9 Å². The van der Waals surface area contributed by atoms with Gasteiger partial charge in [0.05, 0.1) is 5.92 Å². The van der Waals surface area contributed by atoms with Gasteiger partial charge in [-0.25, -0.2) is 0 Å². The van der Waals surface area contributed by atoms with Crippen molar-refractivity contribution in [2.45, 2.75) is 18.8 Å². The van der Waals surface area contributed by atoms with E-state index < -0.39 is 0 Å². The smallest absolute Gasteiger partial charge is 0.253 e. The molecule has 2 aromatic carbocycles. The Kier molecular flexibility index (Phi) is 6.70. The van der Waals surface area contributed by atoms with Crippen LogP contribution >= 0.6 is 22.9 Å². The average molecular weight is 492 g/mol. The third-order valence-corrected chi connectivity index (χ3v) is 7.77. The number of hydrogen-bond donors (Lipinski definition) is 2. The Morgan fingerprint density at radius 1 is 1.12 bits per heavy atom. The number of nitrogens with one attached hydrogen (secondary N) is 2. The van der Waals surface area contributed by atoms with Gasteiger partial charge in [0.15, 0.2) is 0 Å². The Hall–Kier alpha value is -3.09. The van der Waals surface area contributed by atoms with Crippen LogP contribution in [0, 0.1) is 5.92 Å². The molecule has 174 valence electrons. The minimum Gasteiger partial charge on any atom is -0.361 e. The Morgan fingerprint density at radius 2 is 1.94 bits per heavy atom. The van der Waals surface area contributed by atoms with Crippen molar-refractivity contribution in [3.8, 4) is 0 Å². The molecule has 1 aliphatic rings. The minimum absolute atomic E-state index is 0.00926. The van der Waals surface area contributed by atoms with Gasteiger partial charge in [-0.05, 0) is 60.2 Å². The van der Waals surface area contributed by atoms with Crippen LogP contribution in [0.25, 0.3) is 10.9 Å². The number of hydrogen-bond acceptors (Lipinski definition) is 3. The molecular weight excluding hydrogens is 466 g/mol. The van der Waals surface area contributed by atoms with Crippen LogP contribution in [0.1, 0.15) is 39.6 Å². The molecule has 4 aromatic rings. The van der Waals surface area contributed by atoms with E-state index in [1.54, 1.807) is 40.5 Å². The molecule has 5 nitrogen and oxygen atoms in total. The van der Waals surface area contributed by atoms with Crippen LogP contribution < -0.4 is 5.32 Å². The number of aromatic amines is 1. The maximum atomic E-state index is 13.2. The van der Waals surface area contributed by atoms with Gasteiger partial charge in [-0.15, -0.1) is 11.3 Å². The summed E-state index contributed by atoms with van der Waals surface area (Å²) in [5, 5.41) is 7.04. The van der Waals surface area contributed by atoms with Crippen LogP contribution in [0.5, 0.6) is 0 Å². The number of thiophene rings is 1. The Labute approximate surface area is 207 Å². The first kappa shape index (κ1) is 22.7. The summed E-state index contributed by atoms with van der Waals surface area (Å²) in [7, 11) is 0. The molecule has 3 heterocycles. The lowest BCUT2D eigenvalue weighted by molar-refractivity contribution is -0.126. The van der Waals surface area contributed by atoms with Gasteiger partial charge in [-0.3, -0.25) is 9.59 Å². The second-order valence-electron chi connectivity index (χ2n) is 8.70. The van der Waals surface area contributed by atoms with Crippen molar-refractivity contribution < 1.29 is 9.59 Å². The highest BCUT2D eigenvalue weighted by atomic mass is 35.5. The molecule has 0 aliphatic carbocycles. The van der Waals surface area contributed by atoms with Crippen LogP contribution in [-0.4, -0.2) is 41.3 Å². The summed E-state index contributed by atoms with van der Waals surface area (Å²) < 4.78 is 0. The standard InChI is InChI=1S/C27H26ClN3O2S/c28-20-11-9-18(10-12-20)27(33)31-13-3-5-19(17-31)26(32)30-16-23(25-8-4-14-34-25)22-15-29-24-7-2-1-6-21(22)24/h1-2,4,6-12,14-15,19,23,29H,3,5,13,16-17H2,(H,30,32)/t19-,23-/m0/s1. The van der Waals surface area contributed by atoms with Crippen molar-refractivity contribution >= 4 is 45.7 Å². The van der Waals surface area contributed by atoms with Crippen LogP contribution in [0.4, 0.5) is 0 Å². The second-order valence-corrected chi connectivity index (χ2v) is 10.1. The number of likely N-dealkylation sites (tertiary alicyclic amines) is 1. The topological polar surface area (TPSA) is 65.2 Å². The average Bonchev–Trinajstić information content (AvgIpc) is 3.55. The number of carbonyl (C=O) groups excluding carboxylic acids is 2. The summed E-state index contributed by atoms with van der Waals surface area (Å²) >= 11 is 7.65. The van der Waals surface area contributed by atoms with Crippen molar-refractivity contribution in [2.24, 2.45) is 5.92 Å². The normalized spacial score (nSPS) is 17.0. The van der Waals surface area contributed by atoms with E-state index in [1.165, 1.54) is 15.8 Å². The zero-order valence-electron chi connectivity index (χ0n) is 18.7. The highest BCUT2D eigenvalue weighted by Gasteiger charge is 2.30. The number of amides is 2. The van der Waals surface area contributed by atoms with Gasteiger partial charge in [0.25, 0.3) is 5.91 Å². The van der Waals surface area contributed by atoms with Gasteiger partial charge >= 0.3 is 0 Å².